The summed E-state index contributed by atoms with van der Waals surface area (Å²) in [5.41, 5.74) is 1.26. The molecule has 0 aliphatic carbocycles. The maximum Gasteiger partial charge on any atom is 0.222 e. The van der Waals surface area contributed by atoms with Gasteiger partial charge in [-0.25, -0.2) is 0 Å². The standard InChI is InChI=1S/C20H28N2O/c1-2-20(23)21-15-13-18-11-6-12-19(16-21)22(18)14-7-10-17-8-4-3-5-9-17/h3-5,7-10,18-19H,2,6,11-16H2,1H3/b10-7+. The van der Waals surface area contributed by atoms with Crippen molar-refractivity contribution in [3.05, 3.63) is 42.0 Å². The van der Waals surface area contributed by atoms with Crippen LogP contribution in [-0.2, 0) is 4.79 Å². The van der Waals surface area contributed by atoms with Crippen LogP contribution in [0.3, 0.4) is 0 Å². The van der Waals surface area contributed by atoms with E-state index < -0.39 is 0 Å². The van der Waals surface area contributed by atoms with Gasteiger partial charge in [0, 0.05) is 38.1 Å². The number of carbonyl (C=O) groups excluding carboxylic acids is 1. The average molecular weight is 312 g/mol. The van der Waals surface area contributed by atoms with Gasteiger partial charge in [0.1, 0.15) is 0 Å². The first kappa shape index (κ1) is 16.3. The van der Waals surface area contributed by atoms with Crippen LogP contribution < -0.4 is 0 Å². The fraction of sp³-hybridized carbons (Fsp3) is 0.550. The van der Waals surface area contributed by atoms with E-state index in [0.29, 0.717) is 24.4 Å². The predicted molar refractivity (Wildman–Crippen MR) is 95.1 cm³/mol. The van der Waals surface area contributed by atoms with Gasteiger partial charge >= 0.3 is 0 Å². The summed E-state index contributed by atoms with van der Waals surface area (Å²) in [7, 11) is 0. The van der Waals surface area contributed by atoms with Crippen molar-refractivity contribution in [3.63, 3.8) is 0 Å². The average Bonchev–Trinajstić information content (AvgIpc) is 2.68. The van der Waals surface area contributed by atoms with Gasteiger partial charge in [-0.3, -0.25) is 9.69 Å². The first-order valence-electron chi connectivity index (χ1n) is 9.03. The van der Waals surface area contributed by atoms with Crippen molar-refractivity contribution in [3.8, 4) is 0 Å². The Morgan fingerprint density at radius 1 is 1.17 bits per heavy atom. The number of piperidine rings is 1. The summed E-state index contributed by atoms with van der Waals surface area (Å²) in [5.74, 6) is 0.317. The highest BCUT2D eigenvalue weighted by atomic mass is 16.2. The molecule has 2 aliphatic rings. The van der Waals surface area contributed by atoms with Gasteiger partial charge in [0.2, 0.25) is 5.91 Å². The molecule has 2 unspecified atom stereocenters. The molecule has 2 saturated heterocycles. The molecule has 3 nitrogen and oxygen atoms in total. The maximum absolute atomic E-state index is 12.1. The molecule has 0 aromatic heterocycles. The van der Waals surface area contributed by atoms with Crippen LogP contribution in [-0.4, -0.2) is 47.4 Å². The summed E-state index contributed by atoms with van der Waals surface area (Å²) < 4.78 is 0. The first-order valence-corrected chi connectivity index (χ1v) is 9.03. The minimum absolute atomic E-state index is 0.317. The van der Waals surface area contributed by atoms with E-state index in [2.05, 4.69) is 52.3 Å². The van der Waals surface area contributed by atoms with Crippen LogP contribution in [0.2, 0.25) is 0 Å². The Kier molecular flexibility index (Phi) is 5.50. The van der Waals surface area contributed by atoms with Crippen LogP contribution in [0.25, 0.3) is 6.08 Å². The highest BCUT2D eigenvalue weighted by Crippen LogP contribution is 2.29. The summed E-state index contributed by atoms with van der Waals surface area (Å²) in [6.45, 7) is 4.83. The van der Waals surface area contributed by atoms with Gasteiger partial charge in [0.15, 0.2) is 0 Å². The molecular weight excluding hydrogens is 284 g/mol. The molecule has 1 aromatic rings. The number of amides is 1. The lowest BCUT2D eigenvalue weighted by atomic mass is 9.94. The van der Waals surface area contributed by atoms with E-state index >= 15 is 0 Å². The van der Waals surface area contributed by atoms with Crippen LogP contribution >= 0.6 is 0 Å². The van der Waals surface area contributed by atoms with Crippen LogP contribution in [0.5, 0.6) is 0 Å². The second-order valence-corrected chi connectivity index (χ2v) is 6.73. The van der Waals surface area contributed by atoms with E-state index in [4.69, 9.17) is 0 Å². The number of nitrogens with zero attached hydrogens (tertiary/aromatic N) is 2. The van der Waals surface area contributed by atoms with Crippen molar-refractivity contribution in [2.24, 2.45) is 0 Å². The van der Waals surface area contributed by atoms with Gasteiger partial charge in [-0.1, -0.05) is 55.8 Å². The van der Waals surface area contributed by atoms with Gasteiger partial charge in [-0.2, -0.15) is 0 Å². The van der Waals surface area contributed by atoms with Crippen molar-refractivity contribution in [2.45, 2.75) is 51.1 Å². The van der Waals surface area contributed by atoms with Gasteiger partial charge in [-0.05, 0) is 24.8 Å². The Hall–Kier alpha value is -1.61. The quantitative estimate of drug-likeness (QED) is 0.848. The second-order valence-electron chi connectivity index (χ2n) is 6.73. The van der Waals surface area contributed by atoms with Gasteiger partial charge in [0.25, 0.3) is 0 Å². The molecule has 2 bridgehead atoms. The van der Waals surface area contributed by atoms with Gasteiger partial charge < -0.3 is 4.90 Å². The fourth-order valence-electron chi connectivity index (χ4n) is 4.00. The van der Waals surface area contributed by atoms with Crippen molar-refractivity contribution in [1.29, 1.82) is 0 Å². The van der Waals surface area contributed by atoms with Crippen LogP contribution in [0.1, 0.15) is 44.6 Å². The molecule has 1 amide bonds. The largest absolute Gasteiger partial charge is 0.341 e. The van der Waals surface area contributed by atoms with Crippen molar-refractivity contribution in [2.75, 3.05) is 19.6 Å². The summed E-state index contributed by atoms with van der Waals surface area (Å²) >= 11 is 0. The van der Waals surface area contributed by atoms with E-state index in [-0.39, 0.29) is 0 Å². The fourth-order valence-corrected chi connectivity index (χ4v) is 4.00. The molecule has 0 spiro atoms. The molecule has 0 radical (unpaired) electrons. The van der Waals surface area contributed by atoms with Crippen LogP contribution in [0.4, 0.5) is 0 Å². The Morgan fingerprint density at radius 3 is 2.74 bits per heavy atom. The number of benzene rings is 1. The van der Waals surface area contributed by atoms with E-state index in [1.54, 1.807) is 0 Å². The Bertz CT molecular complexity index is 540. The zero-order chi connectivity index (χ0) is 16.1. The zero-order valence-electron chi connectivity index (χ0n) is 14.2. The molecule has 2 atom stereocenters. The Labute approximate surface area is 140 Å². The molecule has 23 heavy (non-hydrogen) atoms. The summed E-state index contributed by atoms with van der Waals surface area (Å²) in [5, 5.41) is 0. The summed E-state index contributed by atoms with van der Waals surface area (Å²) in [4.78, 5) is 16.9. The summed E-state index contributed by atoms with van der Waals surface area (Å²) in [6.07, 6.45) is 10.1. The normalized spacial score (nSPS) is 25.5. The molecule has 2 aliphatic heterocycles. The van der Waals surface area contributed by atoms with E-state index in [9.17, 15) is 4.79 Å². The molecule has 0 N–H and O–H groups in total. The number of rotatable bonds is 4. The van der Waals surface area contributed by atoms with Crippen LogP contribution in [0, 0.1) is 0 Å². The van der Waals surface area contributed by atoms with Gasteiger partial charge in [0.05, 0.1) is 0 Å². The lowest BCUT2D eigenvalue weighted by molar-refractivity contribution is -0.131. The molecule has 1 aromatic carbocycles. The smallest absolute Gasteiger partial charge is 0.222 e. The molecule has 2 fully saturated rings. The lowest BCUT2D eigenvalue weighted by Crippen LogP contribution is -2.48. The van der Waals surface area contributed by atoms with Crippen LogP contribution in [0.15, 0.2) is 36.4 Å². The highest BCUT2D eigenvalue weighted by Gasteiger charge is 2.34. The van der Waals surface area contributed by atoms with E-state index in [0.717, 1.165) is 26.1 Å². The third-order valence-electron chi connectivity index (χ3n) is 5.26. The third-order valence-corrected chi connectivity index (χ3v) is 5.26. The Balaban J connectivity index is 1.66. The minimum Gasteiger partial charge on any atom is -0.341 e. The number of fused-ring (bicyclic) bond motifs is 2. The van der Waals surface area contributed by atoms with Crippen molar-refractivity contribution < 1.29 is 4.79 Å². The Morgan fingerprint density at radius 2 is 1.96 bits per heavy atom. The van der Waals surface area contributed by atoms with E-state index in [1.807, 2.05) is 6.92 Å². The first-order chi connectivity index (χ1) is 11.3. The number of carbonyl (C=O) groups is 1. The SMILES string of the molecule is CCC(=O)N1CCC2CCCC(C1)N2C/C=C/c1ccccc1. The minimum atomic E-state index is 0.317. The van der Waals surface area contributed by atoms with Crippen molar-refractivity contribution >= 4 is 12.0 Å². The van der Waals surface area contributed by atoms with E-state index in [1.165, 1.54) is 24.8 Å². The summed E-state index contributed by atoms with van der Waals surface area (Å²) in [6, 6.07) is 11.7. The molecule has 0 saturated carbocycles. The molecule has 124 valence electrons. The molecular formula is C20H28N2O. The molecule has 2 heterocycles. The number of hydrogen-bond acceptors (Lipinski definition) is 2. The lowest BCUT2D eigenvalue weighted by Gasteiger charge is -2.40. The number of hydrogen-bond donors (Lipinski definition) is 0. The third kappa shape index (κ3) is 4.03. The molecule has 3 heteroatoms. The van der Waals surface area contributed by atoms with Crippen molar-refractivity contribution in [1.82, 2.24) is 9.80 Å². The van der Waals surface area contributed by atoms with Gasteiger partial charge in [-0.15, -0.1) is 0 Å². The second kappa shape index (κ2) is 7.78. The maximum atomic E-state index is 12.1. The zero-order valence-corrected chi connectivity index (χ0v) is 14.2. The highest BCUT2D eigenvalue weighted by molar-refractivity contribution is 5.75. The predicted octanol–water partition coefficient (Wildman–Crippen LogP) is 3.57. The monoisotopic (exact) mass is 312 g/mol. The topological polar surface area (TPSA) is 23.6 Å². The molecule has 3 rings (SSSR count).